The lowest BCUT2D eigenvalue weighted by Gasteiger charge is -2.31. The highest BCUT2D eigenvalue weighted by atomic mass is 16.6. The molecule has 0 spiro atoms. The van der Waals surface area contributed by atoms with Crippen LogP contribution in [0.25, 0.3) is 0 Å². The van der Waals surface area contributed by atoms with Crippen LogP contribution in [0.1, 0.15) is 44.9 Å². The van der Waals surface area contributed by atoms with E-state index in [0.717, 1.165) is 51.6 Å². The highest BCUT2D eigenvalue weighted by Crippen LogP contribution is 2.32. The largest absolute Gasteiger partial charge is 0.463 e. The van der Waals surface area contributed by atoms with Gasteiger partial charge in [-0.1, -0.05) is 0 Å². The second kappa shape index (κ2) is 6.77. The average molecular weight is 295 g/mol. The number of esters is 1. The van der Waals surface area contributed by atoms with Crippen LogP contribution < -0.4 is 0 Å². The van der Waals surface area contributed by atoms with Crippen LogP contribution in [0.15, 0.2) is 0 Å². The van der Waals surface area contributed by atoms with E-state index >= 15 is 0 Å². The summed E-state index contributed by atoms with van der Waals surface area (Å²) in [7, 11) is 0. The van der Waals surface area contributed by atoms with E-state index in [1.807, 2.05) is 4.90 Å². The molecule has 2 saturated heterocycles. The maximum atomic E-state index is 12.1. The first-order chi connectivity index (χ1) is 10.2. The zero-order chi connectivity index (χ0) is 14.7. The van der Waals surface area contributed by atoms with E-state index in [4.69, 9.17) is 9.47 Å². The number of hydrogen-bond acceptors (Lipinski definition) is 4. The first-order valence-electron chi connectivity index (χ1n) is 8.31. The van der Waals surface area contributed by atoms with E-state index < -0.39 is 0 Å². The van der Waals surface area contributed by atoms with Crippen LogP contribution in [0.4, 0.5) is 0 Å². The van der Waals surface area contributed by atoms with Crippen molar-refractivity contribution in [2.45, 2.75) is 51.0 Å². The summed E-state index contributed by atoms with van der Waals surface area (Å²) in [5.74, 6) is 0.411. The van der Waals surface area contributed by atoms with Gasteiger partial charge in [-0.15, -0.1) is 0 Å². The number of carbonyl (C=O) groups is 2. The number of piperidine rings is 1. The highest BCUT2D eigenvalue weighted by Gasteiger charge is 2.36. The van der Waals surface area contributed by atoms with Crippen molar-refractivity contribution in [1.82, 2.24) is 4.90 Å². The van der Waals surface area contributed by atoms with Gasteiger partial charge in [0.25, 0.3) is 0 Å². The minimum absolute atomic E-state index is 0.0446. The molecule has 5 heteroatoms. The van der Waals surface area contributed by atoms with E-state index in [9.17, 15) is 9.59 Å². The predicted molar refractivity (Wildman–Crippen MR) is 76.6 cm³/mol. The zero-order valence-electron chi connectivity index (χ0n) is 12.6. The molecule has 0 radical (unpaired) electrons. The quantitative estimate of drug-likeness (QED) is 0.741. The highest BCUT2D eigenvalue weighted by molar-refractivity contribution is 5.81. The van der Waals surface area contributed by atoms with Crippen molar-refractivity contribution < 1.29 is 19.1 Å². The molecule has 2 heterocycles. The SMILES string of the molecule is O=C(OCC1CCCCO1)C1CCN(C(=O)C2CC2)CC1. The summed E-state index contributed by atoms with van der Waals surface area (Å²) in [6, 6.07) is 0. The van der Waals surface area contributed by atoms with Gasteiger partial charge in [0, 0.05) is 25.6 Å². The third kappa shape index (κ3) is 3.96. The third-order valence-corrected chi connectivity index (χ3v) is 4.75. The maximum absolute atomic E-state index is 12.1. The van der Waals surface area contributed by atoms with E-state index in [2.05, 4.69) is 0 Å². The Hall–Kier alpha value is -1.10. The molecule has 3 fully saturated rings. The molecule has 118 valence electrons. The van der Waals surface area contributed by atoms with Crippen LogP contribution in [0, 0.1) is 11.8 Å². The van der Waals surface area contributed by atoms with Gasteiger partial charge in [0.2, 0.25) is 5.91 Å². The minimum atomic E-state index is -0.109. The molecule has 1 unspecified atom stereocenters. The number of amides is 1. The van der Waals surface area contributed by atoms with Gasteiger partial charge in [-0.2, -0.15) is 0 Å². The summed E-state index contributed by atoms with van der Waals surface area (Å²) >= 11 is 0. The van der Waals surface area contributed by atoms with Crippen molar-refractivity contribution in [1.29, 1.82) is 0 Å². The lowest BCUT2D eigenvalue weighted by atomic mass is 9.96. The second-order valence-electron chi connectivity index (χ2n) is 6.49. The Bertz CT molecular complexity index is 380. The molecule has 0 aromatic rings. The van der Waals surface area contributed by atoms with Gasteiger partial charge in [0.15, 0.2) is 0 Å². The zero-order valence-corrected chi connectivity index (χ0v) is 12.6. The van der Waals surface area contributed by atoms with Crippen LogP contribution in [-0.2, 0) is 19.1 Å². The molecule has 1 atom stereocenters. The summed E-state index contributed by atoms with van der Waals surface area (Å²) in [4.78, 5) is 26.0. The number of carbonyl (C=O) groups excluding carboxylic acids is 2. The van der Waals surface area contributed by atoms with Crippen molar-refractivity contribution in [3.63, 3.8) is 0 Å². The monoisotopic (exact) mass is 295 g/mol. The van der Waals surface area contributed by atoms with Crippen molar-refractivity contribution in [2.24, 2.45) is 11.8 Å². The molecule has 3 aliphatic rings. The first kappa shape index (κ1) is 14.8. The Kier molecular flexibility index (Phi) is 4.78. The van der Waals surface area contributed by atoms with Crippen LogP contribution in [0.3, 0.4) is 0 Å². The summed E-state index contributed by atoms with van der Waals surface area (Å²) in [6.45, 7) is 2.58. The normalized spacial score (nSPS) is 27.4. The molecule has 0 aromatic carbocycles. The Morgan fingerprint density at radius 2 is 1.76 bits per heavy atom. The van der Waals surface area contributed by atoms with Crippen molar-refractivity contribution in [3.05, 3.63) is 0 Å². The molecular weight excluding hydrogens is 270 g/mol. The van der Waals surface area contributed by atoms with E-state index in [-0.39, 0.29) is 29.8 Å². The van der Waals surface area contributed by atoms with Crippen LogP contribution >= 0.6 is 0 Å². The predicted octanol–water partition coefficient (Wildman–Crippen LogP) is 1.75. The van der Waals surface area contributed by atoms with Gasteiger partial charge < -0.3 is 14.4 Å². The summed E-state index contributed by atoms with van der Waals surface area (Å²) in [5, 5.41) is 0. The Labute approximate surface area is 126 Å². The third-order valence-electron chi connectivity index (χ3n) is 4.75. The first-order valence-corrected chi connectivity index (χ1v) is 8.31. The van der Waals surface area contributed by atoms with Gasteiger partial charge in [0.1, 0.15) is 6.61 Å². The Balaban J connectivity index is 1.37. The van der Waals surface area contributed by atoms with Gasteiger partial charge in [-0.05, 0) is 44.9 Å². The summed E-state index contributed by atoms with van der Waals surface area (Å²) in [5.41, 5.74) is 0. The molecule has 0 bridgehead atoms. The smallest absolute Gasteiger partial charge is 0.309 e. The molecule has 3 rings (SSSR count). The molecular formula is C16H25NO4. The van der Waals surface area contributed by atoms with Crippen LogP contribution in [-0.4, -0.2) is 49.2 Å². The number of ether oxygens (including phenoxy) is 2. The van der Waals surface area contributed by atoms with E-state index in [0.29, 0.717) is 19.7 Å². The number of hydrogen-bond donors (Lipinski definition) is 0. The Morgan fingerprint density at radius 1 is 1.00 bits per heavy atom. The fourth-order valence-electron chi connectivity index (χ4n) is 3.16. The van der Waals surface area contributed by atoms with Gasteiger partial charge >= 0.3 is 5.97 Å². The van der Waals surface area contributed by atoms with Crippen LogP contribution in [0.5, 0.6) is 0 Å². The van der Waals surface area contributed by atoms with Crippen molar-refractivity contribution >= 4 is 11.9 Å². The van der Waals surface area contributed by atoms with E-state index in [1.165, 1.54) is 0 Å². The topological polar surface area (TPSA) is 55.8 Å². The fraction of sp³-hybridized carbons (Fsp3) is 0.875. The lowest BCUT2D eigenvalue weighted by Crippen LogP contribution is -2.41. The molecule has 2 aliphatic heterocycles. The molecule has 1 saturated carbocycles. The molecule has 1 aliphatic carbocycles. The van der Waals surface area contributed by atoms with Gasteiger partial charge in [0.05, 0.1) is 12.0 Å². The average Bonchev–Trinajstić information content (AvgIpc) is 3.38. The van der Waals surface area contributed by atoms with Gasteiger partial charge in [-0.3, -0.25) is 9.59 Å². The molecule has 1 amide bonds. The Morgan fingerprint density at radius 3 is 2.38 bits per heavy atom. The standard InChI is InChI=1S/C16H25NO4/c18-15(12-4-5-12)17-8-6-13(7-9-17)16(19)21-11-14-3-1-2-10-20-14/h12-14H,1-11H2. The molecule has 21 heavy (non-hydrogen) atoms. The maximum Gasteiger partial charge on any atom is 0.309 e. The second-order valence-corrected chi connectivity index (χ2v) is 6.49. The van der Waals surface area contributed by atoms with Crippen molar-refractivity contribution in [2.75, 3.05) is 26.3 Å². The number of likely N-dealkylation sites (tertiary alicyclic amines) is 1. The van der Waals surface area contributed by atoms with E-state index in [1.54, 1.807) is 0 Å². The van der Waals surface area contributed by atoms with Crippen molar-refractivity contribution in [3.8, 4) is 0 Å². The number of nitrogens with zero attached hydrogens (tertiary/aromatic N) is 1. The molecule has 0 N–H and O–H groups in total. The summed E-state index contributed by atoms with van der Waals surface area (Å²) in [6.07, 6.45) is 6.90. The number of rotatable bonds is 4. The molecule has 0 aromatic heterocycles. The minimum Gasteiger partial charge on any atom is -0.463 e. The lowest BCUT2D eigenvalue weighted by molar-refractivity contribution is -0.156. The fourth-order valence-corrected chi connectivity index (χ4v) is 3.16. The van der Waals surface area contributed by atoms with Crippen LogP contribution in [0.2, 0.25) is 0 Å². The van der Waals surface area contributed by atoms with Gasteiger partial charge in [-0.25, -0.2) is 0 Å². The molecule has 5 nitrogen and oxygen atoms in total. The summed E-state index contributed by atoms with van der Waals surface area (Å²) < 4.78 is 11.0.